The van der Waals surface area contributed by atoms with E-state index in [-0.39, 0.29) is 11.9 Å². The van der Waals surface area contributed by atoms with Gasteiger partial charge in [0, 0.05) is 24.4 Å². The Morgan fingerprint density at radius 2 is 1.76 bits per heavy atom. The van der Waals surface area contributed by atoms with Gasteiger partial charge >= 0.3 is 0 Å². The van der Waals surface area contributed by atoms with Crippen LogP contribution in [0, 0.1) is 0 Å². The second-order valence-corrected chi connectivity index (χ2v) is 6.38. The molecule has 2 aliphatic rings. The fraction of sp³-hybridized carbons (Fsp3) is 0.632. The molecule has 2 fully saturated rings. The predicted molar refractivity (Wildman–Crippen MR) is 93.1 cm³/mol. The molecular weight excluding hydrogens is 322 g/mol. The molecule has 1 saturated heterocycles. The van der Waals surface area contributed by atoms with Gasteiger partial charge in [-0.1, -0.05) is 0 Å². The van der Waals surface area contributed by atoms with E-state index in [0.717, 1.165) is 25.7 Å². The number of carbonyl (C=O) groups excluding carboxylic acids is 1. The molecule has 1 N–H and O–H groups in total. The summed E-state index contributed by atoms with van der Waals surface area (Å²) >= 11 is 0. The molecular formula is C19H27NO5. The monoisotopic (exact) mass is 349 g/mol. The summed E-state index contributed by atoms with van der Waals surface area (Å²) in [6.07, 6.45) is 3.37. The molecule has 1 spiro atoms. The summed E-state index contributed by atoms with van der Waals surface area (Å²) in [4.78, 5) is 12.6. The molecule has 0 bridgehead atoms. The van der Waals surface area contributed by atoms with Crippen LogP contribution in [0.4, 0.5) is 0 Å². The Balaban J connectivity index is 1.60. The van der Waals surface area contributed by atoms with Crippen LogP contribution < -0.4 is 14.8 Å². The van der Waals surface area contributed by atoms with Gasteiger partial charge in [0.05, 0.1) is 26.4 Å². The predicted octanol–water partition coefficient (Wildman–Crippen LogP) is 2.90. The SMILES string of the molecule is CCOc1ccc(C(=O)NC2CCC3(CC2)OCCO3)cc1OCC. The molecule has 3 rings (SSSR count). The fourth-order valence-corrected chi connectivity index (χ4v) is 3.45. The number of carbonyl (C=O) groups is 1. The van der Waals surface area contributed by atoms with Crippen LogP contribution in [0.1, 0.15) is 49.9 Å². The van der Waals surface area contributed by atoms with Gasteiger partial charge in [-0.25, -0.2) is 0 Å². The topological polar surface area (TPSA) is 66.0 Å². The summed E-state index contributed by atoms with van der Waals surface area (Å²) < 4.78 is 22.6. The van der Waals surface area contributed by atoms with Crippen molar-refractivity contribution < 1.29 is 23.7 Å². The number of amides is 1. The molecule has 0 radical (unpaired) electrons. The molecule has 1 amide bonds. The average Bonchev–Trinajstić information content (AvgIpc) is 3.07. The number of rotatable bonds is 6. The minimum absolute atomic E-state index is 0.0850. The molecule has 1 aliphatic heterocycles. The first-order chi connectivity index (χ1) is 12.2. The maximum atomic E-state index is 12.6. The van der Waals surface area contributed by atoms with E-state index < -0.39 is 5.79 Å². The van der Waals surface area contributed by atoms with Crippen LogP contribution in [-0.4, -0.2) is 44.2 Å². The zero-order valence-corrected chi connectivity index (χ0v) is 15.0. The highest BCUT2D eigenvalue weighted by molar-refractivity contribution is 5.95. The highest BCUT2D eigenvalue weighted by Gasteiger charge is 2.40. The van der Waals surface area contributed by atoms with Crippen LogP contribution in [-0.2, 0) is 9.47 Å². The van der Waals surface area contributed by atoms with E-state index in [0.29, 0.717) is 43.5 Å². The Kier molecular flexibility index (Phi) is 5.81. The molecule has 6 nitrogen and oxygen atoms in total. The average molecular weight is 349 g/mol. The van der Waals surface area contributed by atoms with E-state index in [1.54, 1.807) is 18.2 Å². The maximum Gasteiger partial charge on any atom is 0.251 e. The molecule has 1 aromatic rings. The number of hydrogen-bond acceptors (Lipinski definition) is 5. The minimum atomic E-state index is -0.400. The van der Waals surface area contributed by atoms with Gasteiger partial charge < -0.3 is 24.3 Å². The maximum absolute atomic E-state index is 12.6. The van der Waals surface area contributed by atoms with E-state index in [1.807, 2.05) is 13.8 Å². The summed E-state index contributed by atoms with van der Waals surface area (Å²) in [5.74, 6) is 0.782. The van der Waals surface area contributed by atoms with Crippen molar-refractivity contribution in [3.63, 3.8) is 0 Å². The molecule has 1 heterocycles. The Morgan fingerprint density at radius 3 is 2.40 bits per heavy atom. The standard InChI is InChI=1S/C19H27NO5/c1-3-22-16-6-5-14(13-17(16)23-4-2)18(21)20-15-7-9-19(10-8-15)24-11-12-25-19/h5-6,13,15H,3-4,7-12H2,1-2H3,(H,20,21). The van der Waals surface area contributed by atoms with Crippen molar-refractivity contribution in [3.8, 4) is 11.5 Å². The first-order valence-corrected chi connectivity index (χ1v) is 9.14. The van der Waals surface area contributed by atoms with Crippen LogP contribution in [0.5, 0.6) is 11.5 Å². The molecule has 1 aromatic carbocycles. The normalized spacial score (nSPS) is 19.8. The third-order valence-electron chi connectivity index (χ3n) is 4.70. The zero-order chi connectivity index (χ0) is 17.7. The van der Waals surface area contributed by atoms with Gasteiger partial charge in [-0.05, 0) is 44.9 Å². The Bertz CT molecular complexity index is 587. The largest absolute Gasteiger partial charge is 0.490 e. The van der Waals surface area contributed by atoms with Crippen molar-refractivity contribution in [3.05, 3.63) is 23.8 Å². The van der Waals surface area contributed by atoms with Crippen LogP contribution in [0.15, 0.2) is 18.2 Å². The second kappa shape index (κ2) is 8.06. The van der Waals surface area contributed by atoms with Gasteiger partial charge in [0.1, 0.15) is 0 Å². The van der Waals surface area contributed by atoms with E-state index in [2.05, 4.69) is 5.32 Å². The first-order valence-electron chi connectivity index (χ1n) is 9.14. The third-order valence-corrected chi connectivity index (χ3v) is 4.70. The summed E-state index contributed by atoms with van der Waals surface area (Å²) in [5.41, 5.74) is 0.584. The summed E-state index contributed by atoms with van der Waals surface area (Å²) in [5, 5.41) is 3.12. The smallest absolute Gasteiger partial charge is 0.251 e. The summed E-state index contributed by atoms with van der Waals surface area (Å²) in [6.45, 7) is 6.25. The highest BCUT2D eigenvalue weighted by atomic mass is 16.7. The number of hydrogen-bond donors (Lipinski definition) is 1. The molecule has 0 unspecified atom stereocenters. The molecule has 1 saturated carbocycles. The lowest BCUT2D eigenvalue weighted by Crippen LogP contribution is -2.44. The van der Waals surface area contributed by atoms with Crippen molar-refractivity contribution in [2.75, 3.05) is 26.4 Å². The Hall–Kier alpha value is -1.79. The zero-order valence-electron chi connectivity index (χ0n) is 15.0. The third kappa shape index (κ3) is 4.25. The van der Waals surface area contributed by atoms with Gasteiger partial charge in [0.2, 0.25) is 0 Å². The quantitative estimate of drug-likeness (QED) is 0.855. The van der Waals surface area contributed by atoms with E-state index in [9.17, 15) is 4.79 Å². The lowest BCUT2D eigenvalue weighted by Gasteiger charge is -2.35. The van der Waals surface area contributed by atoms with Crippen molar-refractivity contribution in [2.24, 2.45) is 0 Å². The van der Waals surface area contributed by atoms with Crippen LogP contribution in [0.3, 0.4) is 0 Å². The lowest BCUT2D eigenvalue weighted by molar-refractivity contribution is -0.179. The van der Waals surface area contributed by atoms with E-state index >= 15 is 0 Å². The number of ether oxygens (including phenoxy) is 4. The van der Waals surface area contributed by atoms with Crippen molar-refractivity contribution in [1.29, 1.82) is 0 Å². The fourth-order valence-electron chi connectivity index (χ4n) is 3.45. The number of benzene rings is 1. The molecule has 138 valence electrons. The van der Waals surface area contributed by atoms with Gasteiger partial charge in [-0.2, -0.15) is 0 Å². The van der Waals surface area contributed by atoms with E-state index in [1.165, 1.54) is 0 Å². The summed E-state index contributed by atoms with van der Waals surface area (Å²) in [6, 6.07) is 5.46. The van der Waals surface area contributed by atoms with Crippen LogP contribution in [0.2, 0.25) is 0 Å². The second-order valence-electron chi connectivity index (χ2n) is 6.38. The van der Waals surface area contributed by atoms with Crippen molar-refractivity contribution in [2.45, 2.75) is 51.4 Å². The molecule has 0 aromatic heterocycles. The highest BCUT2D eigenvalue weighted by Crippen LogP contribution is 2.36. The Morgan fingerprint density at radius 1 is 1.12 bits per heavy atom. The lowest BCUT2D eigenvalue weighted by atomic mass is 9.90. The van der Waals surface area contributed by atoms with Gasteiger partial charge in [-0.15, -0.1) is 0 Å². The van der Waals surface area contributed by atoms with Gasteiger partial charge in [0.15, 0.2) is 17.3 Å². The van der Waals surface area contributed by atoms with Crippen molar-refractivity contribution in [1.82, 2.24) is 5.32 Å². The molecule has 0 atom stereocenters. The van der Waals surface area contributed by atoms with Crippen LogP contribution in [0.25, 0.3) is 0 Å². The van der Waals surface area contributed by atoms with Crippen LogP contribution >= 0.6 is 0 Å². The molecule has 6 heteroatoms. The molecule has 1 aliphatic carbocycles. The Labute approximate surface area is 148 Å². The molecule has 25 heavy (non-hydrogen) atoms. The van der Waals surface area contributed by atoms with E-state index in [4.69, 9.17) is 18.9 Å². The van der Waals surface area contributed by atoms with Crippen molar-refractivity contribution >= 4 is 5.91 Å². The number of nitrogens with one attached hydrogen (secondary N) is 1. The summed E-state index contributed by atoms with van der Waals surface area (Å²) in [7, 11) is 0. The van der Waals surface area contributed by atoms with Gasteiger partial charge in [-0.3, -0.25) is 4.79 Å². The van der Waals surface area contributed by atoms with Gasteiger partial charge in [0.25, 0.3) is 5.91 Å². The first kappa shape index (κ1) is 18.0. The minimum Gasteiger partial charge on any atom is -0.490 e.